The van der Waals surface area contributed by atoms with Crippen molar-refractivity contribution in [3.63, 3.8) is 0 Å². The van der Waals surface area contributed by atoms with Crippen molar-refractivity contribution < 1.29 is 19.4 Å². The molecule has 1 aromatic rings. The number of amides is 1. The van der Waals surface area contributed by atoms with Crippen molar-refractivity contribution >= 4 is 17.6 Å². The quantitative estimate of drug-likeness (QED) is 0.868. The van der Waals surface area contributed by atoms with E-state index in [2.05, 4.69) is 5.32 Å². The lowest BCUT2D eigenvalue weighted by molar-refractivity contribution is -0.136. The molecule has 102 valence electrons. The van der Waals surface area contributed by atoms with Gasteiger partial charge in [0.25, 0.3) is 5.91 Å². The summed E-state index contributed by atoms with van der Waals surface area (Å²) in [4.78, 5) is 22.8. The van der Waals surface area contributed by atoms with E-state index in [-0.39, 0.29) is 18.4 Å². The Balaban J connectivity index is 2.06. The molecule has 0 spiro atoms. The first-order valence-corrected chi connectivity index (χ1v) is 6.32. The number of anilines is 1. The molecular weight excluding hydrogens is 246 g/mol. The van der Waals surface area contributed by atoms with Gasteiger partial charge in [-0.1, -0.05) is 18.2 Å². The van der Waals surface area contributed by atoms with E-state index in [0.29, 0.717) is 17.7 Å². The van der Waals surface area contributed by atoms with Crippen LogP contribution in [0.15, 0.2) is 24.3 Å². The van der Waals surface area contributed by atoms with Gasteiger partial charge in [0, 0.05) is 5.69 Å². The summed E-state index contributed by atoms with van der Waals surface area (Å²) in [6.07, 6.45) is 1.12. The average molecular weight is 263 g/mol. The summed E-state index contributed by atoms with van der Waals surface area (Å²) in [6, 6.07) is 6.91. The van der Waals surface area contributed by atoms with Crippen LogP contribution < -0.4 is 5.32 Å². The van der Waals surface area contributed by atoms with E-state index in [0.717, 1.165) is 6.42 Å². The molecule has 0 saturated carbocycles. The molecule has 5 nitrogen and oxygen atoms in total. The monoisotopic (exact) mass is 263 g/mol. The highest BCUT2D eigenvalue weighted by molar-refractivity contribution is 5.95. The first-order valence-electron chi connectivity index (χ1n) is 6.32. The highest BCUT2D eigenvalue weighted by Gasteiger charge is 2.28. The number of nitrogens with one attached hydrogen (secondary N) is 1. The smallest absolute Gasteiger partial charge is 0.307 e. The summed E-state index contributed by atoms with van der Waals surface area (Å²) in [7, 11) is 0. The molecule has 2 N–H and O–H groups in total. The Kier molecular flexibility index (Phi) is 4.16. The van der Waals surface area contributed by atoms with Gasteiger partial charge in [-0.2, -0.15) is 0 Å². The topological polar surface area (TPSA) is 75.6 Å². The van der Waals surface area contributed by atoms with Crippen LogP contribution in [0.2, 0.25) is 0 Å². The molecule has 0 bridgehead atoms. The predicted octanol–water partition coefficient (Wildman–Crippen LogP) is 1.82. The number of carboxylic acid groups (broad SMARTS) is 1. The molecule has 2 unspecified atom stereocenters. The number of rotatable bonds is 4. The zero-order valence-electron chi connectivity index (χ0n) is 10.8. The second kappa shape index (κ2) is 5.84. The van der Waals surface area contributed by atoms with Gasteiger partial charge in [0.2, 0.25) is 0 Å². The van der Waals surface area contributed by atoms with E-state index in [1.807, 2.05) is 6.92 Å². The Labute approximate surface area is 111 Å². The van der Waals surface area contributed by atoms with E-state index in [1.165, 1.54) is 0 Å². The summed E-state index contributed by atoms with van der Waals surface area (Å²) >= 11 is 0. The third kappa shape index (κ3) is 3.54. The number of hydrogen-bond donors (Lipinski definition) is 2. The van der Waals surface area contributed by atoms with Gasteiger partial charge in [-0.3, -0.25) is 9.59 Å². The van der Waals surface area contributed by atoms with E-state index < -0.39 is 12.1 Å². The second-order valence-electron chi connectivity index (χ2n) is 4.73. The van der Waals surface area contributed by atoms with Crippen molar-refractivity contribution in [1.82, 2.24) is 0 Å². The maximum atomic E-state index is 12.0. The molecule has 0 aromatic heterocycles. The van der Waals surface area contributed by atoms with Crippen LogP contribution in [0, 0.1) is 0 Å². The van der Waals surface area contributed by atoms with Gasteiger partial charge < -0.3 is 15.2 Å². The van der Waals surface area contributed by atoms with Gasteiger partial charge in [0.15, 0.2) is 0 Å². The SMILES string of the molecule is CC1CCC(C(=O)Nc2ccccc2CC(=O)O)O1. The van der Waals surface area contributed by atoms with Crippen molar-refractivity contribution in [2.45, 2.75) is 38.4 Å². The van der Waals surface area contributed by atoms with Gasteiger partial charge in [0.1, 0.15) is 6.10 Å². The molecule has 2 atom stereocenters. The lowest BCUT2D eigenvalue weighted by Gasteiger charge is -2.14. The molecule has 0 aliphatic carbocycles. The minimum absolute atomic E-state index is 0.102. The number of para-hydroxylation sites is 1. The Hall–Kier alpha value is -1.88. The number of carboxylic acids is 1. The molecule has 1 aliphatic rings. The molecule has 0 radical (unpaired) electrons. The summed E-state index contributed by atoms with van der Waals surface area (Å²) in [5, 5.41) is 11.6. The lowest BCUT2D eigenvalue weighted by Crippen LogP contribution is -2.28. The number of benzene rings is 1. The van der Waals surface area contributed by atoms with Crippen LogP contribution in [-0.2, 0) is 20.7 Å². The summed E-state index contributed by atoms with van der Waals surface area (Å²) in [5.41, 5.74) is 1.13. The van der Waals surface area contributed by atoms with Crippen LogP contribution >= 0.6 is 0 Å². The maximum absolute atomic E-state index is 12.0. The summed E-state index contributed by atoms with van der Waals surface area (Å²) in [5.74, 6) is -1.13. The largest absolute Gasteiger partial charge is 0.481 e. The molecule has 1 heterocycles. The molecule has 1 aliphatic heterocycles. The Bertz CT molecular complexity index is 486. The highest BCUT2D eigenvalue weighted by atomic mass is 16.5. The number of carbonyl (C=O) groups is 2. The van der Waals surface area contributed by atoms with Crippen LogP contribution in [0.4, 0.5) is 5.69 Å². The molecule has 1 aromatic carbocycles. The predicted molar refractivity (Wildman–Crippen MR) is 70.0 cm³/mol. The van der Waals surface area contributed by atoms with Gasteiger partial charge in [-0.05, 0) is 31.4 Å². The fourth-order valence-corrected chi connectivity index (χ4v) is 2.17. The summed E-state index contributed by atoms with van der Waals surface area (Å²) < 4.78 is 5.49. The van der Waals surface area contributed by atoms with Crippen LogP contribution in [0.3, 0.4) is 0 Å². The zero-order valence-corrected chi connectivity index (χ0v) is 10.8. The number of aliphatic carboxylic acids is 1. The zero-order chi connectivity index (χ0) is 13.8. The van der Waals surface area contributed by atoms with Gasteiger partial charge in [-0.15, -0.1) is 0 Å². The molecular formula is C14H17NO4. The second-order valence-corrected chi connectivity index (χ2v) is 4.73. The van der Waals surface area contributed by atoms with Gasteiger partial charge in [0.05, 0.1) is 12.5 Å². The number of hydrogen-bond acceptors (Lipinski definition) is 3. The molecule has 19 heavy (non-hydrogen) atoms. The normalized spacial score (nSPS) is 22.2. The van der Waals surface area contributed by atoms with Gasteiger partial charge in [-0.25, -0.2) is 0 Å². The fourth-order valence-electron chi connectivity index (χ4n) is 2.17. The molecule has 1 fully saturated rings. The Morgan fingerprint density at radius 3 is 2.74 bits per heavy atom. The van der Waals surface area contributed by atoms with Crippen molar-refractivity contribution in [2.24, 2.45) is 0 Å². The number of ether oxygens (including phenoxy) is 1. The first-order chi connectivity index (χ1) is 9.06. The van der Waals surface area contributed by atoms with E-state index in [9.17, 15) is 9.59 Å². The van der Waals surface area contributed by atoms with E-state index in [4.69, 9.17) is 9.84 Å². The Morgan fingerprint density at radius 1 is 1.37 bits per heavy atom. The van der Waals surface area contributed by atoms with Crippen LogP contribution in [-0.4, -0.2) is 29.2 Å². The minimum Gasteiger partial charge on any atom is -0.481 e. The average Bonchev–Trinajstić information content (AvgIpc) is 2.78. The van der Waals surface area contributed by atoms with E-state index in [1.54, 1.807) is 24.3 Å². The highest BCUT2D eigenvalue weighted by Crippen LogP contribution is 2.22. The molecule has 1 saturated heterocycles. The van der Waals surface area contributed by atoms with Crippen molar-refractivity contribution in [2.75, 3.05) is 5.32 Å². The van der Waals surface area contributed by atoms with E-state index >= 15 is 0 Å². The summed E-state index contributed by atoms with van der Waals surface area (Å²) in [6.45, 7) is 1.94. The fraction of sp³-hybridized carbons (Fsp3) is 0.429. The van der Waals surface area contributed by atoms with Crippen molar-refractivity contribution in [3.8, 4) is 0 Å². The standard InChI is InChI=1S/C14H17NO4/c1-9-6-7-12(19-9)14(18)15-11-5-3-2-4-10(11)8-13(16)17/h2-5,9,12H,6-8H2,1H3,(H,15,18)(H,16,17). The molecule has 1 amide bonds. The lowest BCUT2D eigenvalue weighted by atomic mass is 10.1. The third-order valence-corrected chi connectivity index (χ3v) is 3.14. The van der Waals surface area contributed by atoms with Crippen LogP contribution in [0.25, 0.3) is 0 Å². The van der Waals surface area contributed by atoms with Gasteiger partial charge >= 0.3 is 5.97 Å². The Morgan fingerprint density at radius 2 is 2.11 bits per heavy atom. The number of carbonyl (C=O) groups excluding carboxylic acids is 1. The van der Waals surface area contributed by atoms with Crippen molar-refractivity contribution in [1.29, 1.82) is 0 Å². The van der Waals surface area contributed by atoms with Crippen molar-refractivity contribution in [3.05, 3.63) is 29.8 Å². The first kappa shape index (κ1) is 13.5. The third-order valence-electron chi connectivity index (χ3n) is 3.14. The minimum atomic E-state index is -0.924. The van der Waals surface area contributed by atoms with Crippen LogP contribution in [0.1, 0.15) is 25.3 Å². The molecule has 2 rings (SSSR count). The molecule has 5 heteroatoms. The maximum Gasteiger partial charge on any atom is 0.307 e. The van der Waals surface area contributed by atoms with Crippen LogP contribution in [0.5, 0.6) is 0 Å².